The van der Waals surface area contributed by atoms with E-state index >= 15 is 0 Å². The summed E-state index contributed by atoms with van der Waals surface area (Å²) in [5, 5.41) is 10.1. The van der Waals surface area contributed by atoms with E-state index in [9.17, 15) is 18.0 Å². The molecule has 1 aromatic carbocycles. The number of alkyl halides is 3. The normalized spacial score (nSPS) is 11.6. The van der Waals surface area contributed by atoms with Crippen molar-refractivity contribution < 1.29 is 13.2 Å². The van der Waals surface area contributed by atoms with Crippen LogP contribution >= 0.6 is 0 Å². The van der Waals surface area contributed by atoms with Gasteiger partial charge in [0.05, 0.1) is 18.4 Å². The van der Waals surface area contributed by atoms with Gasteiger partial charge in [-0.25, -0.2) is 9.67 Å². The summed E-state index contributed by atoms with van der Waals surface area (Å²) in [7, 11) is 0. The van der Waals surface area contributed by atoms with Crippen LogP contribution in [-0.2, 0) is 13.1 Å². The molecule has 0 amide bonds. The lowest BCUT2D eigenvalue weighted by Crippen LogP contribution is -2.26. The summed E-state index contributed by atoms with van der Waals surface area (Å²) in [5.74, 6) is -0.0820. The molecule has 0 bridgehead atoms. The molecule has 0 unspecified atom stereocenters. The zero-order chi connectivity index (χ0) is 17.2. The number of nitrogens with zero attached hydrogens (tertiary/aromatic N) is 6. The molecular formula is C14H11F3N6O. The first-order valence-corrected chi connectivity index (χ1v) is 6.86. The first-order valence-electron chi connectivity index (χ1n) is 6.86. The Morgan fingerprint density at radius 2 is 1.88 bits per heavy atom. The molecule has 24 heavy (non-hydrogen) atoms. The Labute approximate surface area is 133 Å². The minimum Gasteiger partial charge on any atom is -0.291 e. The minimum atomic E-state index is -4.46. The summed E-state index contributed by atoms with van der Waals surface area (Å²) in [6.07, 6.45) is -1.81. The third kappa shape index (κ3) is 3.47. The van der Waals surface area contributed by atoms with E-state index < -0.39 is 18.3 Å². The SMILES string of the molecule is O=c1c(-c2ccccc2)cncn1Cc1nnnn1CC(F)(F)F. The number of halogens is 3. The Bertz CT molecular complexity index is 887. The molecule has 0 aliphatic heterocycles. The molecular weight excluding hydrogens is 325 g/mol. The second kappa shape index (κ2) is 6.22. The van der Waals surface area contributed by atoms with Crippen molar-refractivity contribution in [3.05, 3.63) is 59.0 Å². The number of rotatable bonds is 4. The van der Waals surface area contributed by atoms with Gasteiger partial charge >= 0.3 is 6.18 Å². The van der Waals surface area contributed by atoms with E-state index in [4.69, 9.17) is 0 Å². The fourth-order valence-corrected chi connectivity index (χ4v) is 2.16. The van der Waals surface area contributed by atoms with Crippen LogP contribution in [-0.4, -0.2) is 35.9 Å². The maximum Gasteiger partial charge on any atom is 0.408 e. The molecule has 3 aromatic rings. The first-order chi connectivity index (χ1) is 11.4. The lowest BCUT2D eigenvalue weighted by atomic mass is 10.1. The molecule has 3 rings (SSSR count). The Hall–Kier alpha value is -3.04. The molecule has 2 aromatic heterocycles. The molecule has 0 saturated heterocycles. The number of hydrogen-bond donors (Lipinski definition) is 0. The Morgan fingerprint density at radius 1 is 1.12 bits per heavy atom. The summed E-state index contributed by atoms with van der Waals surface area (Å²) in [6, 6.07) is 8.85. The standard InChI is InChI=1S/C14H11F3N6O/c15-14(16,17)8-23-12(19-20-21-23)7-22-9-18-6-11(13(22)24)10-4-2-1-3-5-10/h1-6,9H,7-8H2. The molecule has 0 radical (unpaired) electrons. The van der Waals surface area contributed by atoms with Gasteiger partial charge in [-0.05, 0) is 16.0 Å². The van der Waals surface area contributed by atoms with Crippen LogP contribution in [0, 0.1) is 0 Å². The van der Waals surface area contributed by atoms with Crippen LogP contribution in [0.15, 0.2) is 47.7 Å². The van der Waals surface area contributed by atoms with Crippen molar-refractivity contribution in [2.45, 2.75) is 19.3 Å². The van der Waals surface area contributed by atoms with E-state index in [1.807, 2.05) is 6.07 Å². The van der Waals surface area contributed by atoms with E-state index in [1.54, 1.807) is 24.3 Å². The fraction of sp³-hybridized carbons (Fsp3) is 0.214. The lowest BCUT2D eigenvalue weighted by Gasteiger charge is -2.09. The van der Waals surface area contributed by atoms with Gasteiger partial charge in [-0.2, -0.15) is 13.2 Å². The van der Waals surface area contributed by atoms with Gasteiger partial charge in [-0.1, -0.05) is 30.3 Å². The minimum absolute atomic E-state index is 0.0820. The topological polar surface area (TPSA) is 78.5 Å². The van der Waals surface area contributed by atoms with Crippen LogP contribution < -0.4 is 5.56 Å². The third-order valence-electron chi connectivity index (χ3n) is 3.23. The number of tetrazole rings is 1. The van der Waals surface area contributed by atoms with Crippen molar-refractivity contribution in [3.63, 3.8) is 0 Å². The van der Waals surface area contributed by atoms with E-state index in [2.05, 4.69) is 20.5 Å². The largest absolute Gasteiger partial charge is 0.408 e. The van der Waals surface area contributed by atoms with Crippen LogP contribution in [0.2, 0.25) is 0 Å². The van der Waals surface area contributed by atoms with Gasteiger partial charge in [0.1, 0.15) is 6.54 Å². The van der Waals surface area contributed by atoms with Crippen LogP contribution in [0.3, 0.4) is 0 Å². The zero-order valence-corrected chi connectivity index (χ0v) is 12.2. The number of benzene rings is 1. The summed E-state index contributed by atoms with van der Waals surface area (Å²) in [6.45, 7) is -1.54. The first kappa shape index (κ1) is 15.8. The van der Waals surface area contributed by atoms with Crippen molar-refractivity contribution in [1.29, 1.82) is 0 Å². The highest BCUT2D eigenvalue weighted by Crippen LogP contribution is 2.17. The fourth-order valence-electron chi connectivity index (χ4n) is 2.16. The van der Waals surface area contributed by atoms with Gasteiger partial charge in [0.25, 0.3) is 5.56 Å². The van der Waals surface area contributed by atoms with Crippen molar-refractivity contribution in [2.75, 3.05) is 0 Å². The molecule has 0 aliphatic rings. The van der Waals surface area contributed by atoms with Gasteiger partial charge in [-0.3, -0.25) is 9.36 Å². The average molecular weight is 336 g/mol. The van der Waals surface area contributed by atoms with E-state index in [1.165, 1.54) is 17.1 Å². The molecule has 7 nitrogen and oxygen atoms in total. The molecule has 0 saturated carbocycles. The Morgan fingerprint density at radius 3 is 2.58 bits per heavy atom. The van der Waals surface area contributed by atoms with Crippen molar-refractivity contribution >= 4 is 0 Å². The summed E-state index contributed by atoms with van der Waals surface area (Å²) in [5.41, 5.74) is 0.616. The van der Waals surface area contributed by atoms with Crippen LogP contribution in [0.5, 0.6) is 0 Å². The average Bonchev–Trinajstić information content (AvgIpc) is 2.95. The second-order valence-electron chi connectivity index (χ2n) is 4.97. The van der Waals surface area contributed by atoms with Crippen molar-refractivity contribution in [1.82, 2.24) is 29.8 Å². The predicted octanol–water partition coefficient (Wildman–Crippen LogP) is 1.51. The van der Waals surface area contributed by atoms with Gasteiger partial charge < -0.3 is 0 Å². The molecule has 0 N–H and O–H groups in total. The van der Waals surface area contributed by atoms with E-state index in [0.29, 0.717) is 15.8 Å². The number of aromatic nitrogens is 6. The summed E-state index contributed by atoms with van der Waals surface area (Å²) < 4.78 is 39.3. The van der Waals surface area contributed by atoms with Crippen molar-refractivity contribution in [2.24, 2.45) is 0 Å². The molecule has 0 atom stereocenters. The molecule has 0 aliphatic carbocycles. The maximum absolute atomic E-state index is 12.5. The smallest absolute Gasteiger partial charge is 0.291 e. The molecule has 10 heteroatoms. The van der Waals surface area contributed by atoms with Crippen LogP contribution in [0.1, 0.15) is 5.82 Å². The highest BCUT2D eigenvalue weighted by Gasteiger charge is 2.30. The van der Waals surface area contributed by atoms with Gasteiger partial charge in [0.15, 0.2) is 5.82 Å². The van der Waals surface area contributed by atoms with Crippen LogP contribution in [0.25, 0.3) is 11.1 Å². The Kier molecular flexibility index (Phi) is 4.11. The summed E-state index contributed by atoms with van der Waals surface area (Å²) >= 11 is 0. The highest BCUT2D eigenvalue weighted by molar-refractivity contribution is 5.60. The van der Waals surface area contributed by atoms with Gasteiger partial charge in [0, 0.05) is 6.20 Å². The van der Waals surface area contributed by atoms with Crippen molar-refractivity contribution in [3.8, 4) is 11.1 Å². The monoisotopic (exact) mass is 336 g/mol. The van der Waals surface area contributed by atoms with E-state index in [-0.39, 0.29) is 12.4 Å². The molecule has 124 valence electrons. The zero-order valence-electron chi connectivity index (χ0n) is 12.2. The highest BCUT2D eigenvalue weighted by atomic mass is 19.4. The quantitative estimate of drug-likeness (QED) is 0.722. The molecule has 0 spiro atoms. The third-order valence-corrected chi connectivity index (χ3v) is 3.23. The Balaban J connectivity index is 1.93. The number of hydrogen-bond acceptors (Lipinski definition) is 5. The maximum atomic E-state index is 12.5. The lowest BCUT2D eigenvalue weighted by molar-refractivity contribution is -0.143. The summed E-state index contributed by atoms with van der Waals surface area (Å²) in [4.78, 5) is 16.5. The van der Waals surface area contributed by atoms with Crippen LogP contribution in [0.4, 0.5) is 13.2 Å². The van der Waals surface area contributed by atoms with Gasteiger partial charge in [-0.15, -0.1) is 5.10 Å². The van der Waals surface area contributed by atoms with Gasteiger partial charge in [0.2, 0.25) is 0 Å². The molecule has 0 fully saturated rings. The predicted molar refractivity (Wildman–Crippen MR) is 76.9 cm³/mol. The molecule has 2 heterocycles. The van der Waals surface area contributed by atoms with E-state index in [0.717, 1.165) is 0 Å². The second-order valence-corrected chi connectivity index (χ2v) is 4.97.